The lowest BCUT2D eigenvalue weighted by Crippen LogP contribution is -2.43. The van der Waals surface area contributed by atoms with Crippen LogP contribution >= 0.6 is 32.1 Å². The maximum atomic E-state index is 6.36. The quantitative estimate of drug-likeness (QED) is 0.235. The average molecular weight is 579 g/mol. The van der Waals surface area contributed by atoms with Crippen molar-refractivity contribution in [1.29, 1.82) is 0 Å². The molecule has 0 aromatic heterocycles. The molecule has 1 aliphatic rings. The molecule has 1 heterocycles. The van der Waals surface area contributed by atoms with Crippen molar-refractivity contribution in [2.24, 2.45) is 0 Å². The lowest BCUT2D eigenvalue weighted by molar-refractivity contribution is -0.184. The number of aryl methyl sites for hydroxylation is 2. The molecule has 0 bridgehead atoms. The zero-order valence-electron chi connectivity index (χ0n) is 20.3. The maximum Gasteiger partial charge on any atom is 0.126 e. The predicted molar refractivity (Wildman–Crippen MR) is 145 cm³/mol. The molecule has 3 rings (SSSR count). The molecular weight excluding hydrogens is 542 g/mol. The SMILES string of the molecule is CCCCC(Cc1cccc(CCc2ccc(C(C)(C)C)cc2)c1)ON1C=C(Br)NN(Br)C1. The van der Waals surface area contributed by atoms with Crippen LogP contribution in [0.3, 0.4) is 0 Å². The van der Waals surface area contributed by atoms with E-state index in [1.807, 2.05) is 15.3 Å². The maximum absolute atomic E-state index is 6.36. The Hall–Kier alpha value is -1.34. The zero-order chi connectivity index (χ0) is 23.8. The van der Waals surface area contributed by atoms with Crippen LogP contribution in [0.4, 0.5) is 0 Å². The molecule has 1 atom stereocenters. The second kappa shape index (κ2) is 12.4. The van der Waals surface area contributed by atoms with E-state index in [-0.39, 0.29) is 11.5 Å². The van der Waals surface area contributed by atoms with Gasteiger partial charge in [-0.2, -0.15) is 0 Å². The summed E-state index contributed by atoms with van der Waals surface area (Å²) in [6.45, 7) is 9.62. The highest BCUT2D eigenvalue weighted by Gasteiger charge is 2.19. The number of halogens is 2. The number of rotatable bonds is 10. The molecule has 0 amide bonds. The Balaban J connectivity index is 1.61. The molecule has 6 heteroatoms. The summed E-state index contributed by atoms with van der Waals surface area (Å²) < 4.78 is 2.67. The minimum atomic E-state index is 0.140. The molecule has 0 aliphatic carbocycles. The Morgan fingerprint density at radius 2 is 1.73 bits per heavy atom. The highest BCUT2D eigenvalue weighted by atomic mass is 79.9. The first-order chi connectivity index (χ1) is 15.7. The van der Waals surface area contributed by atoms with E-state index in [1.54, 1.807) is 0 Å². The summed E-state index contributed by atoms with van der Waals surface area (Å²) in [6.07, 6.45) is 8.46. The van der Waals surface area contributed by atoms with Crippen molar-refractivity contribution in [1.82, 2.24) is 14.5 Å². The van der Waals surface area contributed by atoms with Crippen molar-refractivity contribution in [3.63, 3.8) is 0 Å². The lowest BCUT2D eigenvalue weighted by Gasteiger charge is -2.33. The second-order valence-electron chi connectivity index (χ2n) is 9.85. The van der Waals surface area contributed by atoms with Crippen LogP contribution in [-0.2, 0) is 29.5 Å². The van der Waals surface area contributed by atoms with E-state index in [0.29, 0.717) is 6.67 Å². The Morgan fingerprint density at radius 1 is 1.03 bits per heavy atom. The summed E-state index contributed by atoms with van der Waals surface area (Å²) in [6, 6.07) is 18.1. The van der Waals surface area contributed by atoms with E-state index in [2.05, 4.69) is 114 Å². The van der Waals surface area contributed by atoms with Gasteiger partial charge in [-0.1, -0.05) is 89.1 Å². The van der Waals surface area contributed by atoms with Crippen LogP contribution in [0.1, 0.15) is 69.2 Å². The van der Waals surface area contributed by atoms with Crippen LogP contribution in [-0.4, -0.2) is 21.9 Å². The van der Waals surface area contributed by atoms with Crippen molar-refractivity contribution >= 4 is 32.1 Å². The van der Waals surface area contributed by atoms with E-state index >= 15 is 0 Å². The molecule has 0 saturated carbocycles. The van der Waals surface area contributed by atoms with Crippen LogP contribution < -0.4 is 5.43 Å². The molecule has 0 radical (unpaired) electrons. The number of hydrogen-bond acceptors (Lipinski definition) is 4. The lowest BCUT2D eigenvalue weighted by atomic mass is 9.86. The fourth-order valence-electron chi connectivity index (χ4n) is 3.98. The van der Waals surface area contributed by atoms with Crippen LogP contribution in [0, 0.1) is 0 Å². The van der Waals surface area contributed by atoms with Gasteiger partial charge in [0.25, 0.3) is 0 Å². The van der Waals surface area contributed by atoms with E-state index in [4.69, 9.17) is 4.84 Å². The Kier molecular flexibility index (Phi) is 9.86. The Morgan fingerprint density at radius 3 is 2.39 bits per heavy atom. The third-order valence-electron chi connectivity index (χ3n) is 5.89. The first-order valence-corrected chi connectivity index (χ1v) is 13.4. The molecular formula is C27H37Br2N3O. The number of hydrazine groups is 1. The third-order valence-corrected chi connectivity index (χ3v) is 6.67. The van der Waals surface area contributed by atoms with Gasteiger partial charge in [-0.25, -0.2) is 5.06 Å². The standard InChI is InChI=1S/C27H37Br2N3O/c1-5-6-10-25(33-31-19-26(28)30-32(29)20-31)18-23-9-7-8-22(17-23)12-11-21-13-15-24(16-14-21)27(2,3)4/h7-9,13-17,19,25,30H,5-6,10-12,18,20H2,1-4H3. The molecule has 4 nitrogen and oxygen atoms in total. The van der Waals surface area contributed by atoms with Gasteiger partial charge in [0, 0.05) is 22.6 Å². The fourth-order valence-corrected chi connectivity index (χ4v) is 5.08. The molecule has 2 aromatic rings. The number of hydrogen-bond donors (Lipinski definition) is 1. The summed E-state index contributed by atoms with van der Waals surface area (Å²) in [5, 5.41) is 1.88. The molecule has 1 N–H and O–H groups in total. The monoisotopic (exact) mass is 577 g/mol. The topological polar surface area (TPSA) is 27.7 Å². The van der Waals surface area contributed by atoms with Gasteiger partial charge in [0.15, 0.2) is 0 Å². The third kappa shape index (κ3) is 8.75. The van der Waals surface area contributed by atoms with Crippen LogP contribution in [0.2, 0.25) is 0 Å². The van der Waals surface area contributed by atoms with E-state index in [1.165, 1.54) is 28.7 Å². The van der Waals surface area contributed by atoms with Gasteiger partial charge >= 0.3 is 0 Å². The van der Waals surface area contributed by atoms with Gasteiger partial charge in [0.05, 0.1) is 12.3 Å². The van der Waals surface area contributed by atoms with Gasteiger partial charge in [-0.05, 0) is 62.9 Å². The molecule has 1 unspecified atom stereocenters. The number of hydroxylamine groups is 2. The summed E-state index contributed by atoms with van der Waals surface area (Å²) in [4.78, 5) is 6.36. The van der Waals surface area contributed by atoms with Crippen LogP contribution in [0.25, 0.3) is 0 Å². The first-order valence-electron chi connectivity index (χ1n) is 11.9. The number of benzene rings is 2. The number of nitrogens with one attached hydrogen (secondary N) is 1. The van der Waals surface area contributed by atoms with Gasteiger partial charge in [-0.3, -0.25) is 10.3 Å². The molecule has 0 spiro atoms. The first kappa shape index (κ1) is 26.3. The highest BCUT2D eigenvalue weighted by molar-refractivity contribution is 9.11. The van der Waals surface area contributed by atoms with Crippen molar-refractivity contribution in [3.05, 3.63) is 81.6 Å². The van der Waals surface area contributed by atoms with Gasteiger partial charge in [0.2, 0.25) is 0 Å². The van der Waals surface area contributed by atoms with Crippen molar-refractivity contribution < 1.29 is 4.84 Å². The van der Waals surface area contributed by atoms with Gasteiger partial charge < -0.3 is 0 Å². The molecule has 2 aromatic carbocycles. The molecule has 33 heavy (non-hydrogen) atoms. The Bertz CT molecular complexity index is 908. The van der Waals surface area contributed by atoms with Crippen molar-refractivity contribution in [3.8, 4) is 0 Å². The summed E-state index contributed by atoms with van der Waals surface area (Å²) in [7, 11) is 0. The molecule has 1 aliphatic heterocycles. The predicted octanol–water partition coefficient (Wildman–Crippen LogP) is 7.39. The molecule has 0 fully saturated rings. The molecule has 180 valence electrons. The van der Waals surface area contributed by atoms with E-state index in [9.17, 15) is 0 Å². The van der Waals surface area contributed by atoms with Crippen LogP contribution in [0.15, 0.2) is 59.3 Å². The fraction of sp³-hybridized carbons (Fsp3) is 0.481. The Labute approximate surface area is 216 Å². The van der Waals surface area contributed by atoms with Crippen LogP contribution in [0.5, 0.6) is 0 Å². The highest BCUT2D eigenvalue weighted by Crippen LogP contribution is 2.23. The van der Waals surface area contributed by atoms with E-state index < -0.39 is 0 Å². The average Bonchev–Trinajstić information content (AvgIpc) is 2.75. The van der Waals surface area contributed by atoms with Gasteiger partial charge in [0.1, 0.15) is 11.3 Å². The van der Waals surface area contributed by atoms with Gasteiger partial charge in [-0.15, -0.1) is 4.03 Å². The number of unbranched alkanes of at least 4 members (excludes halogenated alkanes) is 1. The molecule has 0 saturated heterocycles. The van der Waals surface area contributed by atoms with E-state index in [0.717, 1.165) is 36.7 Å². The minimum absolute atomic E-state index is 0.140. The normalized spacial score (nSPS) is 15.8. The number of nitrogens with zero attached hydrogens (tertiary/aromatic N) is 2. The van der Waals surface area contributed by atoms with Crippen molar-refractivity contribution in [2.45, 2.75) is 77.7 Å². The minimum Gasteiger partial charge on any atom is -0.300 e. The summed E-state index contributed by atoms with van der Waals surface area (Å²) in [5.41, 5.74) is 8.84. The largest absolute Gasteiger partial charge is 0.300 e. The summed E-state index contributed by atoms with van der Waals surface area (Å²) in [5.74, 6) is 0. The smallest absolute Gasteiger partial charge is 0.126 e. The zero-order valence-corrected chi connectivity index (χ0v) is 23.5. The summed E-state index contributed by atoms with van der Waals surface area (Å²) >= 11 is 6.96. The van der Waals surface area contributed by atoms with Crippen molar-refractivity contribution in [2.75, 3.05) is 6.67 Å². The second-order valence-corrected chi connectivity index (χ2v) is 11.6.